The molecule has 2 aromatic rings. The molecule has 0 unspecified atom stereocenters. The van der Waals surface area contributed by atoms with Crippen molar-refractivity contribution in [2.24, 2.45) is 0 Å². The summed E-state index contributed by atoms with van der Waals surface area (Å²) in [5, 5.41) is 0. The highest BCUT2D eigenvalue weighted by Crippen LogP contribution is 2.38. The van der Waals surface area contributed by atoms with Gasteiger partial charge in [0, 0.05) is 9.75 Å². The summed E-state index contributed by atoms with van der Waals surface area (Å²) in [6.45, 7) is 7.05. The number of hydrogen-bond acceptors (Lipinski definition) is 2. The van der Waals surface area contributed by atoms with Gasteiger partial charge in [-0.15, -0.1) is 11.3 Å². The SMILES string of the molecule is CCCCOc1cccc(F)c1-c1ccc(C(C)C)s1. The van der Waals surface area contributed by atoms with Crippen LogP contribution in [0.3, 0.4) is 0 Å². The van der Waals surface area contributed by atoms with Gasteiger partial charge in [-0.25, -0.2) is 4.39 Å². The van der Waals surface area contributed by atoms with Gasteiger partial charge in [0.15, 0.2) is 0 Å². The summed E-state index contributed by atoms with van der Waals surface area (Å²) in [5.74, 6) is 0.900. The van der Waals surface area contributed by atoms with Gasteiger partial charge in [-0.1, -0.05) is 33.3 Å². The van der Waals surface area contributed by atoms with Crippen LogP contribution in [0.1, 0.15) is 44.4 Å². The van der Waals surface area contributed by atoms with Crippen molar-refractivity contribution in [1.82, 2.24) is 0 Å². The number of unbranched alkanes of at least 4 members (excludes halogenated alkanes) is 1. The normalized spacial score (nSPS) is 11.1. The van der Waals surface area contributed by atoms with Crippen molar-refractivity contribution in [3.63, 3.8) is 0 Å². The van der Waals surface area contributed by atoms with Gasteiger partial charge >= 0.3 is 0 Å². The molecule has 0 saturated heterocycles. The molecule has 0 aliphatic rings. The fourth-order valence-corrected chi connectivity index (χ4v) is 3.05. The van der Waals surface area contributed by atoms with Crippen molar-refractivity contribution in [3.8, 4) is 16.2 Å². The van der Waals surface area contributed by atoms with E-state index in [0.717, 1.165) is 17.7 Å². The first-order chi connectivity index (χ1) is 9.63. The zero-order chi connectivity index (χ0) is 14.5. The van der Waals surface area contributed by atoms with Crippen LogP contribution in [0.25, 0.3) is 10.4 Å². The quantitative estimate of drug-likeness (QED) is 0.606. The zero-order valence-electron chi connectivity index (χ0n) is 12.3. The first-order valence-corrected chi connectivity index (χ1v) is 7.96. The number of rotatable bonds is 6. The lowest BCUT2D eigenvalue weighted by Crippen LogP contribution is -1.99. The molecule has 2 rings (SSSR count). The molecular weight excluding hydrogens is 271 g/mol. The van der Waals surface area contributed by atoms with Gasteiger partial charge in [-0.05, 0) is 36.6 Å². The van der Waals surface area contributed by atoms with Gasteiger partial charge in [-0.3, -0.25) is 0 Å². The van der Waals surface area contributed by atoms with Gasteiger partial charge < -0.3 is 4.74 Å². The fourth-order valence-electron chi connectivity index (χ4n) is 1.99. The second-order valence-corrected chi connectivity index (χ2v) is 6.29. The number of ether oxygens (including phenoxy) is 1. The lowest BCUT2D eigenvalue weighted by Gasteiger charge is -2.11. The molecule has 0 aliphatic carbocycles. The Bertz CT molecular complexity index is 560. The average Bonchev–Trinajstić information content (AvgIpc) is 2.88. The molecule has 0 radical (unpaired) electrons. The van der Waals surface area contributed by atoms with E-state index >= 15 is 0 Å². The van der Waals surface area contributed by atoms with Crippen LogP contribution in [0.2, 0.25) is 0 Å². The van der Waals surface area contributed by atoms with E-state index in [1.807, 2.05) is 12.1 Å². The van der Waals surface area contributed by atoms with E-state index in [1.54, 1.807) is 17.4 Å². The fraction of sp³-hybridized carbons (Fsp3) is 0.412. The first kappa shape index (κ1) is 15.0. The Morgan fingerprint density at radius 3 is 2.65 bits per heavy atom. The lowest BCUT2D eigenvalue weighted by atomic mass is 10.1. The minimum Gasteiger partial charge on any atom is -0.493 e. The van der Waals surface area contributed by atoms with Crippen molar-refractivity contribution in [3.05, 3.63) is 41.0 Å². The van der Waals surface area contributed by atoms with Gasteiger partial charge in [0.25, 0.3) is 0 Å². The van der Waals surface area contributed by atoms with Gasteiger partial charge in [-0.2, -0.15) is 0 Å². The molecule has 0 aliphatic heterocycles. The highest BCUT2D eigenvalue weighted by molar-refractivity contribution is 7.15. The molecule has 1 nitrogen and oxygen atoms in total. The van der Waals surface area contributed by atoms with Gasteiger partial charge in [0.05, 0.1) is 12.2 Å². The maximum Gasteiger partial charge on any atom is 0.135 e. The monoisotopic (exact) mass is 292 g/mol. The molecule has 0 N–H and O–H groups in total. The van der Waals surface area contributed by atoms with Crippen LogP contribution in [0.5, 0.6) is 5.75 Å². The first-order valence-electron chi connectivity index (χ1n) is 7.15. The van der Waals surface area contributed by atoms with Crippen LogP contribution in [0, 0.1) is 5.82 Å². The van der Waals surface area contributed by atoms with Gasteiger partial charge in [0.1, 0.15) is 11.6 Å². The molecule has 1 aromatic heterocycles. The van der Waals surface area contributed by atoms with E-state index in [4.69, 9.17) is 4.74 Å². The molecule has 0 fully saturated rings. The van der Waals surface area contributed by atoms with Crippen molar-refractivity contribution >= 4 is 11.3 Å². The molecule has 0 bridgehead atoms. The topological polar surface area (TPSA) is 9.23 Å². The molecule has 108 valence electrons. The number of thiophene rings is 1. The molecule has 3 heteroatoms. The van der Waals surface area contributed by atoms with E-state index in [2.05, 4.69) is 26.8 Å². The molecule has 0 amide bonds. The Hall–Kier alpha value is -1.35. The Kier molecular flexibility index (Phi) is 5.18. The lowest BCUT2D eigenvalue weighted by molar-refractivity contribution is 0.309. The van der Waals surface area contributed by atoms with Crippen molar-refractivity contribution in [1.29, 1.82) is 0 Å². The molecular formula is C17H21FOS. The third-order valence-electron chi connectivity index (χ3n) is 3.17. The summed E-state index contributed by atoms with van der Waals surface area (Å²) in [6.07, 6.45) is 2.05. The largest absolute Gasteiger partial charge is 0.493 e. The number of halogens is 1. The predicted octanol–water partition coefficient (Wildman–Crippen LogP) is 5.86. The second-order valence-electron chi connectivity index (χ2n) is 5.17. The van der Waals surface area contributed by atoms with Crippen LogP contribution in [0.15, 0.2) is 30.3 Å². The minimum atomic E-state index is -0.212. The summed E-state index contributed by atoms with van der Waals surface area (Å²) < 4.78 is 19.9. The highest BCUT2D eigenvalue weighted by Gasteiger charge is 2.15. The minimum absolute atomic E-state index is 0.212. The summed E-state index contributed by atoms with van der Waals surface area (Å²) >= 11 is 1.64. The van der Waals surface area contributed by atoms with E-state index in [0.29, 0.717) is 23.8 Å². The van der Waals surface area contributed by atoms with Crippen LogP contribution in [-0.4, -0.2) is 6.61 Å². The molecule has 1 heterocycles. The second kappa shape index (κ2) is 6.89. The summed E-state index contributed by atoms with van der Waals surface area (Å²) in [7, 11) is 0. The van der Waals surface area contributed by atoms with Crippen molar-refractivity contribution in [2.75, 3.05) is 6.61 Å². The summed E-state index contributed by atoms with van der Waals surface area (Å²) in [4.78, 5) is 2.21. The zero-order valence-corrected chi connectivity index (χ0v) is 13.1. The Morgan fingerprint density at radius 1 is 1.20 bits per heavy atom. The number of benzene rings is 1. The molecule has 20 heavy (non-hydrogen) atoms. The Morgan fingerprint density at radius 2 is 2.00 bits per heavy atom. The maximum absolute atomic E-state index is 14.2. The van der Waals surface area contributed by atoms with E-state index in [-0.39, 0.29) is 5.82 Å². The third kappa shape index (κ3) is 3.40. The summed E-state index contributed by atoms with van der Waals surface area (Å²) in [6, 6.07) is 9.12. The van der Waals surface area contributed by atoms with Crippen LogP contribution >= 0.6 is 11.3 Å². The Balaban J connectivity index is 2.33. The average molecular weight is 292 g/mol. The van der Waals surface area contributed by atoms with Crippen molar-refractivity contribution in [2.45, 2.75) is 39.5 Å². The predicted molar refractivity (Wildman–Crippen MR) is 84.2 cm³/mol. The molecule has 0 atom stereocenters. The molecule has 1 aromatic carbocycles. The number of hydrogen-bond donors (Lipinski definition) is 0. The van der Waals surface area contributed by atoms with Crippen LogP contribution < -0.4 is 4.74 Å². The standard InChI is InChI=1S/C17H21FOS/c1-4-5-11-19-14-8-6-7-13(18)17(14)16-10-9-15(20-16)12(2)3/h6-10,12H,4-5,11H2,1-3H3. The molecule has 0 saturated carbocycles. The smallest absolute Gasteiger partial charge is 0.135 e. The Labute approximate surface area is 124 Å². The van der Waals surface area contributed by atoms with Crippen molar-refractivity contribution < 1.29 is 9.13 Å². The third-order valence-corrected chi connectivity index (χ3v) is 4.58. The van der Waals surface area contributed by atoms with E-state index in [1.165, 1.54) is 10.9 Å². The van der Waals surface area contributed by atoms with E-state index < -0.39 is 0 Å². The van der Waals surface area contributed by atoms with Crippen LogP contribution in [-0.2, 0) is 0 Å². The summed E-state index contributed by atoms with van der Waals surface area (Å²) in [5.41, 5.74) is 0.598. The molecule has 0 spiro atoms. The van der Waals surface area contributed by atoms with Crippen LogP contribution in [0.4, 0.5) is 4.39 Å². The highest BCUT2D eigenvalue weighted by atomic mass is 32.1. The maximum atomic E-state index is 14.2. The van der Waals surface area contributed by atoms with E-state index in [9.17, 15) is 4.39 Å². The van der Waals surface area contributed by atoms with Gasteiger partial charge in [0.2, 0.25) is 0 Å².